The highest BCUT2D eigenvalue weighted by Crippen LogP contribution is 2.34. The van der Waals surface area contributed by atoms with E-state index >= 15 is 0 Å². The van der Waals surface area contributed by atoms with Crippen LogP contribution in [0.2, 0.25) is 0 Å². The number of carbonyl (C=O) groups excluding carboxylic acids is 1. The number of methoxy groups -OCH3 is 1. The van der Waals surface area contributed by atoms with Gasteiger partial charge in [0.2, 0.25) is 0 Å². The number of aryl methyl sites for hydroxylation is 1. The van der Waals surface area contributed by atoms with Crippen molar-refractivity contribution in [2.75, 3.05) is 20.3 Å². The van der Waals surface area contributed by atoms with Gasteiger partial charge < -0.3 is 9.47 Å². The van der Waals surface area contributed by atoms with Crippen molar-refractivity contribution in [3.63, 3.8) is 0 Å². The fraction of sp³-hybridized carbons (Fsp3) is 0.273. The Hall–Kier alpha value is -2.15. The molecule has 0 N–H and O–H groups in total. The molecule has 0 unspecified atom stereocenters. The maximum absolute atomic E-state index is 12.7. The Bertz CT molecular complexity index is 878. The third-order valence-corrected chi connectivity index (χ3v) is 5.70. The summed E-state index contributed by atoms with van der Waals surface area (Å²) >= 11 is 6.71. The average Bonchev–Trinajstić information content (AvgIpc) is 2.96. The molecule has 0 aliphatic carbocycles. The first-order valence-corrected chi connectivity index (χ1v) is 10.3. The van der Waals surface area contributed by atoms with Crippen LogP contribution in [0.5, 0.6) is 5.75 Å². The molecule has 2 aromatic carbocycles. The molecule has 0 bridgehead atoms. The van der Waals surface area contributed by atoms with Crippen LogP contribution < -0.4 is 4.74 Å². The maximum atomic E-state index is 12.7. The van der Waals surface area contributed by atoms with E-state index in [1.165, 1.54) is 17.3 Å². The molecule has 0 radical (unpaired) electrons. The number of benzene rings is 2. The SMILES string of the molecule is COCCCN1C(=O)/C(=C/c2ccccc2OCc2ccc(C)cc2)SC1=S. The summed E-state index contributed by atoms with van der Waals surface area (Å²) in [7, 11) is 1.65. The topological polar surface area (TPSA) is 38.8 Å². The lowest BCUT2D eigenvalue weighted by Crippen LogP contribution is -2.29. The molecule has 0 atom stereocenters. The summed E-state index contributed by atoms with van der Waals surface area (Å²) in [6, 6.07) is 16.0. The van der Waals surface area contributed by atoms with Gasteiger partial charge in [-0.25, -0.2) is 0 Å². The van der Waals surface area contributed by atoms with Gasteiger partial charge in [0.1, 0.15) is 16.7 Å². The van der Waals surface area contributed by atoms with E-state index in [2.05, 4.69) is 31.2 Å². The molecule has 3 rings (SSSR count). The van der Waals surface area contributed by atoms with E-state index in [4.69, 9.17) is 21.7 Å². The van der Waals surface area contributed by atoms with E-state index in [1.54, 1.807) is 12.0 Å². The maximum Gasteiger partial charge on any atom is 0.266 e. The molecule has 4 nitrogen and oxygen atoms in total. The number of hydrogen-bond acceptors (Lipinski definition) is 5. The number of rotatable bonds is 8. The van der Waals surface area contributed by atoms with E-state index in [9.17, 15) is 4.79 Å². The highest BCUT2D eigenvalue weighted by molar-refractivity contribution is 8.26. The van der Waals surface area contributed by atoms with E-state index in [1.807, 2.05) is 30.3 Å². The van der Waals surface area contributed by atoms with Crippen molar-refractivity contribution < 1.29 is 14.3 Å². The molecule has 6 heteroatoms. The Morgan fingerprint density at radius 3 is 2.64 bits per heavy atom. The molecular formula is C22H23NO3S2. The third-order valence-electron chi connectivity index (χ3n) is 4.32. The molecule has 2 aromatic rings. The summed E-state index contributed by atoms with van der Waals surface area (Å²) in [6.45, 7) is 3.71. The number of para-hydroxylation sites is 1. The van der Waals surface area contributed by atoms with Crippen molar-refractivity contribution >= 4 is 40.3 Å². The highest BCUT2D eigenvalue weighted by Gasteiger charge is 2.31. The largest absolute Gasteiger partial charge is 0.488 e. The van der Waals surface area contributed by atoms with Crippen molar-refractivity contribution in [1.29, 1.82) is 0 Å². The van der Waals surface area contributed by atoms with E-state index in [0.29, 0.717) is 29.0 Å². The molecule has 1 saturated heterocycles. The molecule has 1 aliphatic rings. The lowest BCUT2D eigenvalue weighted by Gasteiger charge is -2.13. The summed E-state index contributed by atoms with van der Waals surface area (Å²) in [5.41, 5.74) is 3.19. The van der Waals surface area contributed by atoms with Crippen LogP contribution in [0.4, 0.5) is 0 Å². The zero-order valence-electron chi connectivity index (χ0n) is 16.0. The molecule has 1 amide bonds. The Morgan fingerprint density at radius 1 is 1.14 bits per heavy atom. The quantitative estimate of drug-likeness (QED) is 0.353. The first kappa shape index (κ1) is 20.6. The fourth-order valence-electron chi connectivity index (χ4n) is 2.78. The highest BCUT2D eigenvalue weighted by atomic mass is 32.2. The van der Waals surface area contributed by atoms with E-state index < -0.39 is 0 Å². The summed E-state index contributed by atoms with van der Waals surface area (Å²) in [5, 5.41) is 0. The number of thiocarbonyl (C=S) groups is 1. The first-order chi connectivity index (χ1) is 13.6. The molecule has 1 fully saturated rings. The molecule has 0 saturated carbocycles. The molecule has 0 spiro atoms. The van der Waals surface area contributed by atoms with Gasteiger partial charge in [0.15, 0.2) is 0 Å². The Labute approximate surface area is 175 Å². The minimum Gasteiger partial charge on any atom is -0.488 e. The summed E-state index contributed by atoms with van der Waals surface area (Å²) in [4.78, 5) is 15.0. The minimum atomic E-state index is -0.0561. The van der Waals surface area contributed by atoms with Gasteiger partial charge in [-0.3, -0.25) is 9.69 Å². The number of ether oxygens (including phenoxy) is 2. The number of amides is 1. The standard InChI is InChI=1S/C22H23NO3S2/c1-16-8-10-17(11-9-16)15-26-19-7-4-3-6-18(19)14-20-21(24)23(22(27)28-20)12-5-13-25-2/h3-4,6-11,14H,5,12-13,15H2,1-2H3/b20-14-. The molecule has 146 valence electrons. The Balaban J connectivity index is 1.72. The summed E-state index contributed by atoms with van der Waals surface area (Å²) < 4.78 is 11.7. The minimum absolute atomic E-state index is 0.0561. The van der Waals surface area contributed by atoms with Crippen LogP contribution in [0.15, 0.2) is 53.4 Å². The van der Waals surface area contributed by atoms with E-state index in [0.717, 1.165) is 23.3 Å². The zero-order chi connectivity index (χ0) is 19.9. The predicted octanol–water partition coefficient (Wildman–Crippen LogP) is 4.81. The molecule has 0 aromatic heterocycles. The second-order valence-electron chi connectivity index (χ2n) is 6.49. The van der Waals surface area contributed by atoms with Crippen LogP contribution in [0.25, 0.3) is 6.08 Å². The van der Waals surface area contributed by atoms with Gasteiger partial charge in [-0.1, -0.05) is 72.0 Å². The first-order valence-electron chi connectivity index (χ1n) is 9.10. The number of thioether (sulfide) groups is 1. The lowest BCUT2D eigenvalue weighted by atomic mass is 10.1. The normalized spacial score (nSPS) is 15.5. The fourth-order valence-corrected chi connectivity index (χ4v) is 4.08. The summed E-state index contributed by atoms with van der Waals surface area (Å²) in [6.07, 6.45) is 2.62. The monoisotopic (exact) mass is 413 g/mol. The average molecular weight is 414 g/mol. The molecule has 1 heterocycles. The van der Waals surface area contributed by atoms with E-state index in [-0.39, 0.29) is 5.91 Å². The van der Waals surface area contributed by atoms with Gasteiger partial charge in [0.05, 0.1) is 4.91 Å². The van der Waals surface area contributed by atoms with Crippen LogP contribution in [-0.2, 0) is 16.1 Å². The van der Waals surface area contributed by atoms with Crippen molar-refractivity contribution in [2.24, 2.45) is 0 Å². The molecule has 1 aliphatic heterocycles. The van der Waals surface area contributed by atoms with Crippen LogP contribution in [0.3, 0.4) is 0 Å². The third kappa shape index (κ3) is 5.22. The van der Waals surface area contributed by atoms with Gasteiger partial charge >= 0.3 is 0 Å². The molecule has 28 heavy (non-hydrogen) atoms. The van der Waals surface area contributed by atoms with Gasteiger partial charge in [-0.05, 0) is 31.1 Å². The van der Waals surface area contributed by atoms with Crippen molar-refractivity contribution in [3.8, 4) is 5.75 Å². The van der Waals surface area contributed by atoms with Gasteiger partial charge in [0.25, 0.3) is 5.91 Å². The second-order valence-corrected chi connectivity index (χ2v) is 8.17. The zero-order valence-corrected chi connectivity index (χ0v) is 17.6. The van der Waals surface area contributed by atoms with Crippen LogP contribution >= 0.6 is 24.0 Å². The van der Waals surface area contributed by atoms with Gasteiger partial charge in [-0.15, -0.1) is 0 Å². The van der Waals surface area contributed by atoms with Crippen molar-refractivity contribution in [2.45, 2.75) is 20.0 Å². The Kier molecular flexibility index (Phi) is 7.25. The van der Waals surface area contributed by atoms with Gasteiger partial charge in [-0.2, -0.15) is 0 Å². The number of nitrogens with zero attached hydrogens (tertiary/aromatic N) is 1. The van der Waals surface area contributed by atoms with Crippen LogP contribution in [0.1, 0.15) is 23.1 Å². The van der Waals surface area contributed by atoms with Crippen molar-refractivity contribution in [1.82, 2.24) is 4.90 Å². The molecular weight excluding hydrogens is 390 g/mol. The number of carbonyl (C=O) groups is 1. The summed E-state index contributed by atoms with van der Waals surface area (Å²) in [5.74, 6) is 0.687. The Morgan fingerprint density at radius 2 is 1.89 bits per heavy atom. The van der Waals surface area contributed by atoms with Crippen molar-refractivity contribution in [3.05, 3.63) is 70.1 Å². The van der Waals surface area contributed by atoms with Crippen LogP contribution in [0, 0.1) is 6.92 Å². The second kappa shape index (κ2) is 9.87. The van der Waals surface area contributed by atoms with Gasteiger partial charge in [0, 0.05) is 25.8 Å². The number of hydrogen-bond donors (Lipinski definition) is 0. The van der Waals surface area contributed by atoms with Crippen LogP contribution in [-0.4, -0.2) is 35.4 Å². The predicted molar refractivity (Wildman–Crippen MR) is 118 cm³/mol. The lowest BCUT2D eigenvalue weighted by molar-refractivity contribution is -0.122. The smallest absolute Gasteiger partial charge is 0.266 e.